The maximum Gasteiger partial charge on any atom is 0.248 e. The number of hydrogen-bond acceptors (Lipinski definition) is 15. The number of amides is 12. The Morgan fingerprint density at radius 2 is 0.825 bits per heavy atom. The summed E-state index contributed by atoms with van der Waals surface area (Å²) in [5, 5.41) is 32.6. The zero-order valence-electron chi connectivity index (χ0n) is 66.0. The van der Waals surface area contributed by atoms with Crippen molar-refractivity contribution in [1.82, 2.24) is 60.5 Å². The van der Waals surface area contributed by atoms with E-state index in [-0.39, 0.29) is 106 Å². The first-order valence-corrected chi connectivity index (χ1v) is 38.6. The first-order chi connectivity index (χ1) is 48.4. The number of aliphatic hydroxyl groups excluding tert-OH is 2. The Bertz CT molecular complexity index is 2780. The SMILES string of the molecule is CC(C)C[C@@H]1NC(=O)[C@H](CC(C)C)N(C)C(=O)C[C@@H](C(=O)N2CCCCC2)NC(=O)[C@H](CC(C)C)N(C)C(=O)CN(C)C(=O)[C@H]([C@@H](C)O)NC(=O)[C@H](CC(C)C)N(C)C(=O)[C@H](CC2CCCCC2)N(C)C(=O)[C@H](COCCCO)NC(=O)[C@H](CC2CCCCC2)N(C)C(=O)[C@H](CC(C)C)N(C)C1=O. The molecule has 6 N–H and O–H groups in total. The normalized spacial score (nSPS) is 27.0. The summed E-state index contributed by atoms with van der Waals surface area (Å²) in [4.78, 5) is 192. The molecule has 2 aliphatic carbocycles. The highest BCUT2D eigenvalue weighted by Gasteiger charge is 2.45. The van der Waals surface area contributed by atoms with Crippen LogP contribution in [0.4, 0.5) is 0 Å². The molecule has 11 atom stereocenters. The Balaban J connectivity index is 2.00. The van der Waals surface area contributed by atoms with E-state index in [1.165, 1.54) is 80.8 Å². The zero-order valence-corrected chi connectivity index (χ0v) is 66.0. The van der Waals surface area contributed by atoms with Crippen molar-refractivity contribution in [3.63, 3.8) is 0 Å². The molecule has 0 bridgehead atoms. The lowest BCUT2D eigenvalue weighted by molar-refractivity contribution is -0.152. The van der Waals surface area contributed by atoms with E-state index in [1.54, 1.807) is 4.90 Å². The number of aliphatic hydroxyl groups is 2. The van der Waals surface area contributed by atoms with Gasteiger partial charge in [-0.05, 0) is 119 Å². The number of ether oxygens (including phenoxy) is 1. The first-order valence-electron chi connectivity index (χ1n) is 38.6. The van der Waals surface area contributed by atoms with Gasteiger partial charge in [0.2, 0.25) is 70.9 Å². The number of hydrogen-bond donors (Lipinski definition) is 6. The van der Waals surface area contributed by atoms with Crippen molar-refractivity contribution in [1.29, 1.82) is 0 Å². The van der Waals surface area contributed by atoms with Gasteiger partial charge in [0.15, 0.2) is 0 Å². The Labute approximate surface area is 615 Å². The molecule has 2 saturated heterocycles. The molecule has 0 aromatic heterocycles. The van der Waals surface area contributed by atoms with Crippen molar-refractivity contribution in [3.8, 4) is 0 Å². The van der Waals surface area contributed by atoms with Gasteiger partial charge in [0.05, 0.1) is 25.7 Å². The van der Waals surface area contributed by atoms with Crippen LogP contribution in [0, 0.1) is 41.4 Å². The lowest BCUT2D eigenvalue weighted by atomic mass is 9.84. The fourth-order valence-electron chi connectivity index (χ4n) is 15.0. The zero-order chi connectivity index (χ0) is 77.3. The number of rotatable bonds is 21. The third-order valence-corrected chi connectivity index (χ3v) is 21.2. The topological polar surface area (TPSA) is 329 Å². The summed E-state index contributed by atoms with van der Waals surface area (Å²) in [6.07, 6.45) is 9.86. The Morgan fingerprint density at radius 3 is 1.32 bits per heavy atom. The number of likely N-dealkylation sites (tertiary alicyclic amines) is 1. The standard InChI is InChI=1S/C76H134N12O15/c1-47(2)37-55-71(97)86(17)62(41-51(9)10)74(100)85(16)61(42-53-29-22-19-23-30-53)69(95)79-57(46-103-36-28-35-89)72(98)87(18)63(43-54-31-24-20-25-32-54)75(101)84(15)60(40-50(7)8)70(96)80-66(52(11)90)76(102)81(12)45-65(92)83(14)59(39-49(5)6)68(94)78-56(73(99)88-33-26-21-27-34-88)44-64(91)82(13)58(38-48(3)4)67(93)77-55/h47-63,66,89-90H,19-46H2,1-18H3,(H,77,93)(H,78,94)(H,79,95)(H,80,96)/t52-,55+,56+,57+,58+,59+,60+,61+,62+,63+,66+/m1/s1. The molecule has 0 radical (unpaired) electrons. The van der Waals surface area contributed by atoms with Gasteiger partial charge in [0, 0.05) is 75.6 Å². The highest BCUT2D eigenvalue weighted by molar-refractivity contribution is 6.00. The van der Waals surface area contributed by atoms with Crippen LogP contribution in [0.3, 0.4) is 0 Å². The number of nitrogens with one attached hydrogen (secondary N) is 4. The van der Waals surface area contributed by atoms with E-state index in [0.717, 1.165) is 80.4 Å². The molecule has 0 aromatic rings. The molecule has 2 saturated carbocycles. The van der Waals surface area contributed by atoms with Gasteiger partial charge in [-0.1, -0.05) is 133 Å². The molecule has 4 aliphatic rings. The third-order valence-electron chi connectivity index (χ3n) is 21.2. The fraction of sp³-hybridized carbons (Fsp3) is 0.842. The molecule has 27 nitrogen and oxygen atoms in total. The lowest BCUT2D eigenvalue weighted by Crippen LogP contribution is -2.62. The second-order valence-corrected chi connectivity index (χ2v) is 32.4. The Morgan fingerprint density at radius 1 is 0.437 bits per heavy atom. The van der Waals surface area contributed by atoms with Crippen molar-refractivity contribution < 1.29 is 72.5 Å². The minimum atomic E-state index is -1.66. The quantitative estimate of drug-likeness (QED) is 0.0848. The number of nitrogens with zero attached hydrogens (tertiary/aromatic N) is 8. The summed E-state index contributed by atoms with van der Waals surface area (Å²) in [5.41, 5.74) is 0. The van der Waals surface area contributed by atoms with Crippen LogP contribution >= 0.6 is 0 Å². The van der Waals surface area contributed by atoms with Crippen LogP contribution in [0.25, 0.3) is 0 Å². The molecule has 12 amide bonds. The predicted molar refractivity (Wildman–Crippen MR) is 394 cm³/mol. The maximum absolute atomic E-state index is 15.7. The molecule has 0 unspecified atom stereocenters. The summed E-state index contributed by atoms with van der Waals surface area (Å²) in [6, 6.07) is -13.1. The van der Waals surface area contributed by atoms with Gasteiger partial charge in [-0.3, -0.25) is 57.5 Å². The lowest BCUT2D eigenvalue weighted by Gasteiger charge is -2.39. The highest BCUT2D eigenvalue weighted by atomic mass is 16.5. The van der Waals surface area contributed by atoms with E-state index in [0.29, 0.717) is 25.9 Å². The predicted octanol–water partition coefficient (Wildman–Crippen LogP) is 4.71. The molecule has 2 heterocycles. The minimum Gasteiger partial charge on any atom is -0.396 e. The second-order valence-electron chi connectivity index (χ2n) is 32.4. The molecular weight excluding hydrogens is 1320 g/mol. The van der Waals surface area contributed by atoms with Gasteiger partial charge in [-0.2, -0.15) is 0 Å². The van der Waals surface area contributed by atoms with Crippen molar-refractivity contribution >= 4 is 70.9 Å². The summed E-state index contributed by atoms with van der Waals surface area (Å²) < 4.78 is 6.03. The molecule has 103 heavy (non-hydrogen) atoms. The summed E-state index contributed by atoms with van der Waals surface area (Å²) in [5.74, 6) is -9.22. The van der Waals surface area contributed by atoms with E-state index in [4.69, 9.17) is 4.74 Å². The summed E-state index contributed by atoms with van der Waals surface area (Å²) in [6.45, 7) is 19.5. The van der Waals surface area contributed by atoms with Crippen LogP contribution in [-0.4, -0.2) is 276 Å². The number of likely N-dealkylation sites (N-methyl/N-ethyl adjacent to an activating group) is 7. The van der Waals surface area contributed by atoms with E-state index in [1.807, 2.05) is 69.2 Å². The number of carbonyl (C=O) groups excluding carboxylic acids is 12. The Hall–Kier alpha value is -6.48. The minimum absolute atomic E-state index is 0.00373. The maximum atomic E-state index is 15.7. The largest absolute Gasteiger partial charge is 0.396 e. The number of piperidine rings is 1. The molecule has 4 fully saturated rings. The summed E-state index contributed by atoms with van der Waals surface area (Å²) in [7, 11) is 10.1. The molecule has 2 aliphatic heterocycles. The van der Waals surface area contributed by atoms with Crippen LogP contribution in [-0.2, 0) is 62.3 Å². The van der Waals surface area contributed by atoms with Crippen molar-refractivity contribution in [2.45, 2.75) is 284 Å². The highest BCUT2D eigenvalue weighted by Crippen LogP contribution is 2.32. The van der Waals surface area contributed by atoms with Crippen molar-refractivity contribution in [3.05, 3.63) is 0 Å². The number of carbonyl (C=O) groups is 12. The van der Waals surface area contributed by atoms with Gasteiger partial charge in [0.25, 0.3) is 0 Å². The van der Waals surface area contributed by atoms with Gasteiger partial charge >= 0.3 is 0 Å². The molecule has 4 rings (SSSR count). The van der Waals surface area contributed by atoms with Crippen LogP contribution in [0.5, 0.6) is 0 Å². The van der Waals surface area contributed by atoms with Gasteiger partial charge in [0.1, 0.15) is 60.4 Å². The van der Waals surface area contributed by atoms with Gasteiger partial charge in [-0.15, -0.1) is 0 Å². The average molecular weight is 1460 g/mol. The van der Waals surface area contributed by atoms with Crippen molar-refractivity contribution in [2.24, 2.45) is 41.4 Å². The van der Waals surface area contributed by atoms with Crippen LogP contribution in [0.15, 0.2) is 0 Å². The van der Waals surface area contributed by atoms with E-state index >= 15 is 28.8 Å². The average Bonchev–Trinajstić information content (AvgIpc) is 0.826. The fourth-order valence-corrected chi connectivity index (χ4v) is 15.0. The smallest absolute Gasteiger partial charge is 0.248 e. The van der Waals surface area contributed by atoms with E-state index < -0.39 is 157 Å². The monoisotopic (exact) mass is 1460 g/mol. The van der Waals surface area contributed by atoms with E-state index in [9.17, 15) is 39.0 Å². The van der Waals surface area contributed by atoms with Crippen molar-refractivity contribution in [2.75, 3.05) is 88.8 Å². The third kappa shape index (κ3) is 27.1. The molecule has 27 heteroatoms. The van der Waals surface area contributed by atoms with Crippen LogP contribution in [0.1, 0.15) is 217 Å². The molecule has 588 valence electrons. The van der Waals surface area contributed by atoms with Crippen LogP contribution < -0.4 is 21.3 Å². The van der Waals surface area contributed by atoms with E-state index in [2.05, 4.69) is 21.3 Å². The van der Waals surface area contributed by atoms with Gasteiger partial charge in [-0.25, -0.2) is 0 Å². The molecule has 0 aromatic carbocycles. The molecule has 0 spiro atoms. The van der Waals surface area contributed by atoms with Crippen LogP contribution in [0.2, 0.25) is 0 Å². The summed E-state index contributed by atoms with van der Waals surface area (Å²) >= 11 is 0. The Kier molecular flexibility index (Phi) is 37.3. The molecular formula is C76H134N12O15. The van der Waals surface area contributed by atoms with Gasteiger partial charge < -0.3 is 75.4 Å². The first kappa shape index (κ1) is 88.9. The second kappa shape index (κ2) is 43.2.